The Labute approximate surface area is 103 Å². The molecule has 0 atom stereocenters. The predicted octanol–water partition coefficient (Wildman–Crippen LogP) is 2.38. The summed E-state index contributed by atoms with van der Waals surface area (Å²) in [5.41, 5.74) is 0.721. The summed E-state index contributed by atoms with van der Waals surface area (Å²) in [6.45, 7) is 6.00. The maximum absolute atomic E-state index is 12.2. The highest BCUT2D eigenvalue weighted by Gasteiger charge is 2.16. The molecule has 17 heavy (non-hydrogen) atoms. The van der Waals surface area contributed by atoms with Crippen molar-refractivity contribution in [2.75, 3.05) is 0 Å². The molecule has 0 aliphatic rings. The summed E-state index contributed by atoms with van der Waals surface area (Å²) in [5, 5.41) is 0.594. The second-order valence-corrected chi connectivity index (χ2v) is 5.03. The van der Waals surface area contributed by atoms with Gasteiger partial charge < -0.3 is 0 Å². The Balaban J connectivity index is 2.77. The van der Waals surface area contributed by atoms with Crippen LogP contribution in [-0.4, -0.2) is 15.3 Å². The minimum Gasteiger partial charge on any atom is -0.299 e. The SMILES string of the molecule is CCCn1cnc2sc(C(C)=O)c(C)c2c1=O. The van der Waals surface area contributed by atoms with Crippen LogP contribution in [-0.2, 0) is 6.54 Å². The van der Waals surface area contributed by atoms with Crippen LogP contribution in [0.5, 0.6) is 0 Å². The van der Waals surface area contributed by atoms with Crippen LogP contribution in [0, 0.1) is 6.92 Å². The summed E-state index contributed by atoms with van der Waals surface area (Å²) < 4.78 is 1.60. The Kier molecular flexibility index (Phi) is 3.11. The van der Waals surface area contributed by atoms with Gasteiger partial charge in [0.1, 0.15) is 4.83 Å². The Morgan fingerprint density at radius 3 is 2.82 bits per heavy atom. The topological polar surface area (TPSA) is 52.0 Å². The van der Waals surface area contributed by atoms with Crippen LogP contribution in [0.25, 0.3) is 10.2 Å². The van der Waals surface area contributed by atoms with Crippen molar-refractivity contribution in [2.24, 2.45) is 0 Å². The molecule has 2 aromatic rings. The molecule has 0 saturated carbocycles. The zero-order valence-corrected chi connectivity index (χ0v) is 10.9. The molecule has 0 saturated heterocycles. The van der Waals surface area contributed by atoms with Gasteiger partial charge in [-0.15, -0.1) is 11.3 Å². The molecule has 0 aliphatic carbocycles. The molecule has 2 heterocycles. The van der Waals surface area contributed by atoms with Crippen LogP contribution >= 0.6 is 11.3 Å². The third kappa shape index (κ3) is 1.91. The van der Waals surface area contributed by atoms with E-state index in [-0.39, 0.29) is 11.3 Å². The second-order valence-electron chi connectivity index (χ2n) is 4.04. The van der Waals surface area contributed by atoms with E-state index in [1.54, 1.807) is 10.9 Å². The van der Waals surface area contributed by atoms with Crippen LogP contribution in [0.2, 0.25) is 0 Å². The summed E-state index contributed by atoms with van der Waals surface area (Å²) in [4.78, 5) is 29.2. The van der Waals surface area contributed by atoms with Crippen molar-refractivity contribution in [3.8, 4) is 0 Å². The van der Waals surface area contributed by atoms with Crippen LogP contribution < -0.4 is 5.56 Å². The van der Waals surface area contributed by atoms with Crippen LogP contribution in [0.15, 0.2) is 11.1 Å². The number of aromatic nitrogens is 2. The zero-order chi connectivity index (χ0) is 12.6. The van der Waals surface area contributed by atoms with Gasteiger partial charge in [-0.2, -0.15) is 0 Å². The molecule has 0 fully saturated rings. The van der Waals surface area contributed by atoms with Crippen LogP contribution in [0.4, 0.5) is 0 Å². The lowest BCUT2D eigenvalue weighted by Crippen LogP contribution is -2.20. The quantitative estimate of drug-likeness (QED) is 0.786. The number of aryl methyl sites for hydroxylation is 2. The largest absolute Gasteiger partial charge is 0.299 e. The van der Waals surface area contributed by atoms with Gasteiger partial charge in [-0.05, 0) is 25.8 Å². The third-order valence-corrected chi connectivity index (χ3v) is 4.00. The fourth-order valence-electron chi connectivity index (χ4n) is 1.90. The molecule has 0 aliphatic heterocycles. The van der Waals surface area contributed by atoms with Crippen molar-refractivity contribution in [2.45, 2.75) is 33.7 Å². The Hall–Kier alpha value is -1.49. The van der Waals surface area contributed by atoms with Crippen molar-refractivity contribution >= 4 is 27.3 Å². The van der Waals surface area contributed by atoms with E-state index in [1.165, 1.54) is 18.3 Å². The number of fused-ring (bicyclic) bond motifs is 1. The van der Waals surface area contributed by atoms with E-state index in [0.29, 0.717) is 21.6 Å². The highest BCUT2D eigenvalue weighted by Crippen LogP contribution is 2.26. The molecular formula is C12H14N2O2S. The summed E-state index contributed by atoms with van der Waals surface area (Å²) in [6, 6.07) is 0. The number of hydrogen-bond acceptors (Lipinski definition) is 4. The highest BCUT2D eigenvalue weighted by molar-refractivity contribution is 7.20. The predicted molar refractivity (Wildman–Crippen MR) is 68.9 cm³/mol. The first kappa shape index (κ1) is 12.0. The molecule has 2 rings (SSSR count). The van der Waals surface area contributed by atoms with Gasteiger partial charge in [-0.3, -0.25) is 14.2 Å². The molecule has 4 nitrogen and oxygen atoms in total. The molecule has 0 spiro atoms. The molecule has 0 radical (unpaired) electrons. The second kappa shape index (κ2) is 4.41. The fraction of sp³-hybridized carbons (Fsp3) is 0.417. The zero-order valence-electron chi connectivity index (χ0n) is 10.1. The van der Waals surface area contributed by atoms with Gasteiger partial charge in [0, 0.05) is 6.54 Å². The highest BCUT2D eigenvalue weighted by atomic mass is 32.1. The Morgan fingerprint density at radius 1 is 1.53 bits per heavy atom. The minimum absolute atomic E-state index is 0.00746. The molecule has 90 valence electrons. The lowest BCUT2D eigenvalue weighted by Gasteiger charge is -2.02. The third-order valence-electron chi connectivity index (χ3n) is 2.70. The van der Waals surface area contributed by atoms with E-state index in [1.807, 2.05) is 13.8 Å². The van der Waals surface area contributed by atoms with E-state index in [9.17, 15) is 9.59 Å². The van der Waals surface area contributed by atoms with Gasteiger partial charge in [0.15, 0.2) is 5.78 Å². The average molecular weight is 250 g/mol. The Morgan fingerprint density at radius 2 is 2.24 bits per heavy atom. The van der Waals surface area contributed by atoms with E-state index in [4.69, 9.17) is 0 Å². The molecule has 0 N–H and O–H groups in total. The van der Waals surface area contributed by atoms with Crippen molar-refractivity contribution < 1.29 is 4.79 Å². The van der Waals surface area contributed by atoms with E-state index >= 15 is 0 Å². The van der Waals surface area contributed by atoms with Crippen molar-refractivity contribution in [1.29, 1.82) is 0 Å². The van der Waals surface area contributed by atoms with Gasteiger partial charge in [0.25, 0.3) is 5.56 Å². The van der Waals surface area contributed by atoms with Gasteiger partial charge in [-0.1, -0.05) is 6.92 Å². The smallest absolute Gasteiger partial charge is 0.262 e. The maximum atomic E-state index is 12.2. The Bertz CT molecular complexity index is 640. The summed E-state index contributed by atoms with van der Waals surface area (Å²) >= 11 is 1.30. The molecule has 0 unspecified atom stereocenters. The van der Waals surface area contributed by atoms with Gasteiger partial charge >= 0.3 is 0 Å². The first-order valence-corrected chi connectivity index (χ1v) is 6.37. The van der Waals surface area contributed by atoms with Crippen LogP contribution in [0.1, 0.15) is 35.5 Å². The number of ketones is 1. The number of carbonyl (C=O) groups is 1. The van der Waals surface area contributed by atoms with Crippen molar-refractivity contribution in [3.63, 3.8) is 0 Å². The lowest BCUT2D eigenvalue weighted by atomic mass is 10.2. The number of nitrogens with zero attached hydrogens (tertiary/aromatic N) is 2. The monoisotopic (exact) mass is 250 g/mol. The number of carbonyl (C=O) groups excluding carboxylic acids is 1. The standard InChI is InChI=1S/C12H14N2O2S/c1-4-5-14-6-13-11-9(12(14)16)7(2)10(17-11)8(3)15/h6H,4-5H2,1-3H3. The van der Waals surface area contributed by atoms with Crippen molar-refractivity contribution in [3.05, 3.63) is 27.1 Å². The fourth-order valence-corrected chi connectivity index (χ4v) is 2.93. The molecule has 0 amide bonds. The average Bonchev–Trinajstić information content (AvgIpc) is 2.61. The minimum atomic E-state index is -0.0434. The molecule has 0 aromatic carbocycles. The van der Waals surface area contributed by atoms with Gasteiger partial charge in [0.05, 0.1) is 16.6 Å². The summed E-state index contributed by atoms with van der Waals surface area (Å²) in [7, 11) is 0. The number of hydrogen-bond donors (Lipinski definition) is 0. The molecule has 5 heteroatoms. The molecule has 0 bridgehead atoms. The maximum Gasteiger partial charge on any atom is 0.262 e. The normalized spacial score (nSPS) is 11.0. The van der Waals surface area contributed by atoms with Gasteiger partial charge in [0.2, 0.25) is 0 Å². The summed E-state index contributed by atoms with van der Waals surface area (Å²) in [6.07, 6.45) is 2.45. The summed E-state index contributed by atoms with van der Waals surface area (Å²) in [5.74, 6) is -0.00746. The first-order valence-electron chi connectivity index (χ1n) is 5.55. The molecular weight excluding hydrogens is 236 g/mol. The number of Topliss-reactive ketones (excluding diaryl/α,β-unsaturated/α-hetero) is 1. The molecule has 2 aromatic heterocycles. The van der Waals surface area contributed by atoms with E-state index in [0.717, 1.165) is 12.0 Å². The van der Waals surface area contributed by atoms with Crippen LogP contribution in [0.3, 0.4) is 0 Å². The number of rotatable bonds is 3. The van der Waals surface area contributed by atoms with E-state index in [2.05, 4.69) is 4.98 Å². The van der Waals surface area contributed by atoms with E-state index < -0.39 is 0 Å². The number of thiophene rings is 1. The van der Waals surface area contributed by atoms with Gasteiger partial charge in [-0.25, -0.2) is 4.98 Å². The van der Waals surface area contributed by atoms with Crippen molar-refractivity contribution in [1.82, 2.24) is 9.55 Å². The first-order chi connectivity index (χ1) is 8.06. The lowest BCUT2D eigenvalue weighted by molar-refractivity contribution is 0.102.